The summed E-state index contributed by atoms with van der Waals surface area (Å²) in [7, 11) is 0. The van der Waals surface area contributed by atoms with Crippen LogP contribution in [0.25, 0.3) is 11.4 Å². The molecule has 0 bridgehead atoms. The minimum atomic E-state index is -2.69. The van der Waals surface area contributed by atoms with E-state index in [1.54, 1.807) is 30.2 Å². The molecule has 1 N–H and O–H groups in total. The van der Waals surface area contributed by atoms with Crippen LogP contribution in [0, 0.1) is 6.92 Å². The SMILES string of the molecule is Cc1cc(=O)[nH]c(-c2ccnc(N3CCCC(F)(F)C3)c2)n1. The van der Waals surface area contributed by atoms with Gasteiger partial charge in [-0.2, -0.15) is 0 Å². The van der Waals surface area contributed by atoms with Crippen LogP contribution in [-0.4, -0.2) is 34.0 Å². The number of rotatable bonds is 2. The number of pyridine rings is 1. The largest absolute Gasteiger partial charge is 0.351 e. The summed E-state index contributed by atoms with van der Waals surface area (Å²) in [5, 5.41) is 0. The molecule has 0 spiro atoms. The molecule has 5 nitrogen and oxygen atoms in total. The molecule has 7 heteroatoms. The molecule has 1 aliphatic rings. The fourth-order valence-corrected chi connectivity index (χ4v) is 2.62. The number of H-pyrrole nitrogens is 1. The maximum atomic E-state index is 13.5. The second kappa shape index (κ2) is 5.47. The van der Waals surface area contributed by atoms with Crippen molar-refractivity contribution >= 4 is 5.82 Å². The van der Waals surface area contributed by atoms with Gasteiger partial charge in [-0.05, 0) is 25.5 Å². The first-order valence-corrected chi connectivity index (χ1v) is 7.10. The lowest BCUT2D eigenvalue weighted by Crippen LogP contribution is -2.43. The summed E-state index contributed by atoms with van der Waals surface area (Å²) < 4.78 is 27.1. The van der Waals surface area contributed by atoms with Gasteiger partial charge in [0.1, 0.15) is 11.6 Å². The van der Waals surface area contributed by atoms with Crippen LogP contribution in [0.4, 0.5) is 14.6 Å². The molecule has 0 atom stereocenters. The summed E-state index contributed by atoms with van der Waals surface area (Å²) in [6.07, 6.45) is 1.88. The average molecular weight is 306 g/mol. The highest BCUT2D eigenvalue weighted by molar-refractivity contribution is 5.60. The quantitative estimate of drug-likeness (QED) is 0.925. The van der Waals surface area contributed by atoms with Gasteiger partial charge in [0, 0.05) is 36.5 Å². The molecule has 2 aromatic heterocycles. The Morgan fingerprint density at radius 3 is 2.91 bits per heavy atom. The number of anilines is 1. The summed E-state index contributed by atoms with van der Waals surface area (Å²) in [4.78, 5) is 24.2. The Morgan fingerprint density at radius 1 is 1.36 bits per heavy atom. The zero-order valence-corrected chi connectivity index (χ0v) is 12.1. The van der Waals surface area contributed by atoms with Gasteiger partial charge in [0.15, 0.2) is 0 Å². The minimum Gasteiger partial charge on any atom is -0.351 e. The second-order valence-corrected chi connectivity index (χ2v) is 5.52. The molecule has 0 amide bonds. The molecule has 0 unspecified atom stereocenters. The molecule has 0 saturated carbocycles. The van der Waals surface area contributed by atoms with Crippen molar-refractivity contribution in [3.8, 4) is 11.4 Å². The lowest BCUT2D eigenvalue weighted by Gasteiger charge is -2.33. The summed E-state index contributed by atoms with van der Waals surface area (Å²) in [6, 6.07) is 4.78. The fraction of sp³-hybridized carbons (Fsp3) is 0.400. The standard InChI is InChI=1S/C15H16F2N4O/c1-10-7-13(22)20-14(19-10)11-3-5-18-12(8-11)21-6-2-4-15(16,17)9-21/h3,5,7-8H,2,4,6,9H2,1H3,(H,19,20,22). The number of aryl methyl sites for hydroxylation is 1. The third-order valence-corrected chi connectivity index (χ3v) is 3.61. The van der Waals surface area contributed by atoms with E-state index in [0.717, 1.165) is 0 Å². The van der Waals surface area contributed by atoms with E-state index in [4.69, 9.17) is 0 Å². The summed E-state index contributed by atoms with van der Waals surface area (Å²) in [6.45, 7) is 1.94. The van der Waals surface area contributed by atoms with Crippen LogP contribution in [0.2, 0.25) is 0 Å². The second-order valence-electron chi connectivity index (χ2n) is 5.52. The number of alkyl halides is 2. The zero-order valence-electron chi connectivity index (χ0n) is 12.1. The Bertz CT molecular complexity index is 744. The molecule has 116 valence electrons. The van der Waals surface area contributed by atoms with Gasteiger partial charge in [0.25, 0.3) is 11.5 Å². The number of aromatic amines is 1. The first kappa shape index (κ1) is 14.6. The summed E-state index contributed by atoms with van der Waals surface area (Å²) >= 11 is 0. The number of nitrogens with one attached hydrogen (secondary N) is 1. The third kappa shape index (κ3) is 3.13. The average Bonchev–Trinajstić information content (AvgIpc) is 2.45. The molecule has 3 heterocycles. The van der Waals surface area contributed by atoms with Gasteiger partial charge in [0.05, 0.1) is 6.54 Å². The number of hydrogen-bond acceptors (Lipinski definition) is 4. The molecule has 2 aromatic rings. The summed E-state index contributed by atoms with van der Waals surface area (Å²) in [5.41, 5.74) is 1.01. The monoisotopic (exact) mass is 306 g/mol. The van der Waals surface area contributed by atoms with Crippen molar-refractivity contribution in [1.29, 1.82) is 0 Å². The van der Waals surface area contributed by atoms with Gasteiger partial charge in [0.2, 0.25) is 0 Å². The van der Waals surface area contributed by atoms with E-state index < -0.39 is 5.92 Å². The van der Waals surface area contributed by atoms with Crippen molar-refractivity contribution in [3.05, 3.63) is 40.4 Å². The molecule has 0 aromatic carbocycles. The van der Waals surface area contributed by atoms with Crippen molar-refractivity contribution in [2.75, 3.05) is 18.0 Å². The van der Waals surface area contributed by atoms with Gasteiger partial charge < -0.3 is 9.88 Å². The maximum Gasteiger partial charge on any atom is 0.265 e. The number of piperidine rings is 1. The lowest BCUT2D eigenvalue weighted by molar-refractivity contribution is -0.0118. The topological polar surface area (TPSA) is 61.9 Å². The Kier molecular flexibility index (Phi) is 3.64. The van der Waals surface area contributed by atoms with Gasteiger partial charge >= 0.3 is 0 Å². The molecule has 1 aliphatic heterocycles. The highest BCUT2D eigenvalue weighted by Gasteiger charge is 2.35. The highest BCUT2D eigenvalue weighted by atomic mass is 19.3. The van der Waals surface area contributed by atoms with Gasteiger partial charge in [-0.15, -0.1) is 0 Å². The Labute approximate surface area is 126 Å². The molecule has 0 aliphatic carbocycles. The third-order valence-electron chi connectivity index (χ3n) is 3.61. The van der Waals surface area contributed by atoms with E-state index in [-0.39, 0.29) is 18.5 Å². The van der Waals surface area contributed by atoms with E-state index in [0.29, 0.717) is 35.9 Å². The van der Waals surface area contributed by atoms with Gasteiger partial charge in [-0.1, -0.05) is 0 Å². The van der Waals surface area contributed by atoms with Crippen LogP contribution >= 0.6 is 0 Å². The fourth-order valence-electron chi connectivity index (χ4n) is 2.62. The Morgan fingerprint density at radius 2 is 2.18 bits per heavy atom. The maximum absolute atomic E-state index is 13.5. The normalized spacial score (nSPS) is 17.5. The van der Waals surface area contributed by atoms with Gasteiger partial charge in [-0.3, -0.25) is 4.79 Å². The molecule has 0 radical (unpaired) electrons. The first-order valence-electron chi connectivity index (χ1n) is 7.10. The van der Waals surface area contributed by atoms with Crippen LogP contribution in [0.3, 0.4) is 0 Å². The highest BCUT2D eigenvalue weighted by Crippen LogP contribution is 2.30. The number of aromatic nitrogens is 3. The van der Waals surface area contributed by atoms with Crippen molar-refractivity contribution in [2.24, 2.45) is 0 Å². The smallest absolute Gasteiger partial charge is 0.265 e. The summed E-state index contributed by atoms with van der Waals surface area (Å²) in [5.74, 6) is -1.80. The Hall–Kier alpha value is -2.31. The molecule has 1 saturated heterocycles. The van der Waals surface area contributed by atoms with E-state index >= 15 is 0 Å². The molecular weight excluding hydrogens is 290 g/mol. The molecular formula is C15H16F2N4O. The van der Waals surface area contributed by atoms with E-state index in [1.165, 1.54) is 6.07 Å². The van der Waals surface area contributed by atoms with E-state index in [2.05, 4.69) is 15.0 Å². The molecule has 22 heavy (non-hydrogen) atoms. The predicted octanol–water partition coefficient (Wildman–Crippen LogP) is 2.38. The number of hydrogen-bond donors (Lipinski definition) is 1. The van der Waals surface area contributed by atoms with Crippen LogP contribution in [0.15, 0.2) is 29.2 Å². The minimum absolute atomic E-state index is 0.0874. The number of halogens is 2. The van der Waals surface area contributed by atoms with Gasteiger partial charge in [-0.25, -0.2) is 18.7 Å². The Balaban J connectivity index is 1.94. The van der Waals surface area contributed by atoms with Crippen molar-refractivity contribution < 1.29 is 8.78 Å². The van der Waals surface area contributed by atoms with Crippen molar-refractivity contribution in [3.63, 3.8) is 0 Å². The lowest BCUT2D eigenvalue weighted by atomic mass is 10.1. The predicted molar refractivity (Wildman–Crippen MR) is 79.2 cm³/mol. The van der Waals surface area contributed by atoms with Crippen LogP contribution in [0.1, 0.15) is 18.5 Å². The first-order chi connectivity index (χ1) is 10.4. The van der Waals surface area contributed by atoms with Crippen LogP contribution < -0.4 is 10.5 Å². The number of nitrogens with zero attached hydrogens (tertiary/aromatic N) is 3. The molecule has 1 fully saturated rings. The van der Waals surface area contributed by atoms with Crippen molar-refractivity contribution in [1.82, 2.24) is 15.0 Å². The van der Waals surface area contributed by atoms with E-state index in [1.807, 2.05) is 0 Å². The van der Waals surface area contributed by atoms with E-state index in [9.17, 15) is 13.6 Å². The van der Waals surface area contributed by atoms with Crippen LogP contribution in [-0.2, 0) is 0 Å². The van der Waals surface area contributed by atoms with Crippen molar-refractivity contribution in [2.45, 2.75) is 25.7 Å². The van der Waals surface area contributed by atoms with Crippen LogP contribution in [0.5, 0.6) is 0 Å². The molecule has 3 rings (SSSR count). The zero-order chi connectivity index (χ0) is 15.7.